The summed E-state index contributed by atoms with van der Waals surface area (Å²) in [6.07, 6.45) is -0.136. The highest BCUT2D eigenvalue weighted by molar-refractivity contribution is 5.46. The second-order valence-electron chi connectivity index (χ2n) is 5.85. The molecule has 0 bridgehead atoms. The van der Waals surface area contributed by atoms with Crippen LogP contribution in [0, 0.1) is 11.3 Å². The first-order valence-corrected chi connectivity index (χ1v) is 7.79. The average molecular weight is 331 g/mol. The van der Waals surface area contributed by atoms with Crippen molar-refractivity contribution in [1.29, 1.82) is 5.26 Å². The van der Waals surface area contributed by atoms with Crippen LogP contribution in [0.1, 0.15) is 42.0 Å². The van der Waals surface area contributed by atoms with E-state index in [1.54, 1.807) is 18.2 Å². The van der Waals surface area contributed by atoms with Gasteiger partial charge in [-0.05, 0) is 49.1 Å². The zero-order valence-electron chi connectivity index (χ0n) is 12.9. The van der Waals surface area contributed by atoms with Gasteiger partial charge in [0, 0.05) is 12.7 Å². The van der Waals surface area contributed by atoms with E-state index in [-0.39, 0.29) is 6.04 Å². The molecule has 1 fully saturated rings. The molecule has 0 radical (unpaired) electrons. The topological polar surface area (TPSA) is 39.9 Å². The van der Waals surface area contributed by atoms with Crippen LogP contribution in [-0.4, -0.2) is 11.5 Å². The second kappa shape index (κ2) is 6.52. The lowest BCUT2D eigenvalue weighted by Gasteiger charge is -2.37. The zero-order valence-corrected chi connectivity index (χ0v) is 12.9. The first-order valence-electron chi connectivity index (χ1n) is 7.79. The van der Waals surface area contributed by atoms with Crippen molar-refractivity contribution in [3.63, 3.8) is 0 Å². The van der Waals surface area contributed by atoms with Crippen LogP contribution in [0.3, 0.4) is 0 Å². The van der Waals surface area contributed by atoms with E-state index in [4.69, 9.17) is 5.26 Å². The van der Waals surface area contributed by atoms with Gasteiger partial charge in [-0.2, -0.15) is 18.4 Å². The number of aromatic nitrogens is 1. The van der Waals surface area contributed by atoms with Gasteiger partial charge in [0.2, 0.25) is 0 Å². The van der Waals surface area contributed by atoms with E-state index in [1.165, 1.54) is 18.3 Å². The van der Waals surface area contributed by atoms with E-state index in [0.29, 0.717) is 16.9 Å². The van der Waals surface area contributed by atoms with Crippen molar-refractivity contribution in [2.75, 3.05) is 11.4 Å². The van der Waals surface area contributed by atoms with Crippen molar-refractivity contribution in [3.8, 4) is 6.07 Å². The molecule has 1 aliphatic rings. The Labute approximate surface area is 138 Å². The van der Waals surface area contributed by atoms with Crippen LogP contribution in [0.2, 0.25) is 0 Å². The first-order chi connectivity index (χ1) is 11.5. The van der Waals surface area contributed by atoms with Gasteiger partial charge in [-0.15, -0.1) is 0 Å². The smallest absolute Gasteiger partial charge is 0.350 e. The molecule has 0 amide bonds. The minimum absolute atomic E-state index is 0.138. The number of pyridine rings is 1. The van der Waals surface area contributed by atoms with Crippen LogP contribution in [0.25, 0.3) is 0 Å². The minimum Gasteiger partial charge on any atom is -0.350 e. The lowest BCUT2D eigenvalue weighted by atomic mass is 9.94. The molecule has 1 aromatic carbocycles. The molecule has 1 saturated heterocycles. The molecule has 3 nitrogen and oxygen atoms in total. The number of hydrogen-bond donors (Lipinski definition) is 0. The van der Waals surface area contributed by atoms with E-state index in [2.05, 4.69) is 4.98 Å². The molecule has 24 heavy (non-hydrogen) atoms. The predicted molar refractivity (Wildman–Crippen MR) is 84.3 cm³/mol. The van der Waals surface area contributed by atoms with Crippen molar-refractivity contribution < 1.29 is 13.2 Å². The Morgan fingerprint density at radius 1 is 1.17 bits per heavy atom. The summed E-state index contributed by atoms with van der Waals surface area (Å²) < 4.78 is 38.9. The minimum atomic E-state index is -4.35. The molecule has 0 spiro atoms. The largest absolute Gasteiger partial charge is 0.416 e. The van der Waals surface area contributed by atoms with E-state index in [1.807, 2.05) is 11.0 Å². The Morgan fingerprint density at radius 3 is 2.67 bits per heavy atom. The number of rotatable bonds is 2. The molecule has 0 N–H and O–H groups in total. The molecule has 6 heteroatoms. The van der Waals surface area contributed by atoms with Gasteiger partial charge in [-0.25, -0.2) is 4.98 Å². The standard InChI is InChI=1S/C18H16F3N3/c19-18(20,21)15-5-3-4-14(10-15)16-6-1-2-9-24(16)17-8-7-13(11-22)12-23-17/h3-5,7-8,10,12,16H,1-2,6,9H2. The number of hydrogen-bond acceptors (Lipinski definition) is 3. The van der Waals surface area contributed by atoms with Crippen LogP contribution >= 0.6 is 0 Å². The fourth-order valence-corrected chi connectivity index (χ4v) is 3.10. The van der Waals surface area contributed by atoms with Crippen molar-refractivity contribution in [1.82, 2.24) is 4.98 Å². The number of halogens is 3. The Kier molecular flexibility index (Phi) is 4.43. The summed E-state index contributed by atoms with van der Waals surface area (Å²) in [6, 6.07) is 10.8. The third-order valence-corrected chi connectivity index (χ3v) is 4.27. The molecule has 2 aromatic rings. The molecule has 124 valence electrons. The molecule has 1 atom stereocenters. The van der Waals surface area contributed by atoms with Gasteiger partial charge in [-0.3, -0.25) is 0 Å². The number of nitriles is 1. The normalized spacial score (nSPS) is 18.2. The summed E-state index contributed by atoms with van der Waals surface area (Å²) in [4.78, 5) is 6.33. The molecule has 1 aliphatic heterocycles. The highest BCUT2D eigenvalue weighted by Gasteiger charge is 2.32. The third-order valence-electron chi connectivity index (χ3n) is 4.27. The molecule has 3 rings (SSSR count). The second-order valence-corrected chi connectivity index (χ2v) is 5.85. The number of benzene rings is 1. The molecular formula is C18H16F3N3. The summed E-state index contributed by atoms with van der Waals surface area (Å²) in [6.45, 7) is 0.736. The maximum absolute atomic E-state index is 13.0. The predicted octanol–water partition coefficient (Wildman–Crippen LogP) is 4.70. The van der Waals surface area contributed by atoms with E-state index < -0.39 is 11.7 Å². The van der Waals surface area contributed by atoms with Crippen molar-refractivity contribution in [2.45, 2.75) is 31.5 Å². The lowest BCUT2D eigenvalue weighted by molar-refractivity contribution is -0.137. The van der Waals surface area contributed by atoms with Crippen molar-refractivity contribution >= 4 is 5.82 Å². The summed E-state index contributed by atoms with van der Waals surface area (Å²) >= 11 is 0. The van der Waals surface area contributed by atoms with Crippen LogP contribution in [-0.2, 0) is 6.18 Å². The first kappa shape index (κ1) is 16.3. The van der Waals surface area contributed by atoms with Gasteiger partial charge in [-0.1, -0.05) is 12.1 Å². The van der Waals surface area contributed by atoms with Crippen LogP contribution in [0.15, 0.2) is 42.6 Å². The Hall–Kier alpha value is -2.55. The van der Waals surface area contributed by atoms with Crippen LogP contribution in [0.5, 0.6) is 0 Å². The molecule has 0 saturated carbocycles. The van der Waals surface area contributed by atoms with Gasteiger partial charge in [0.1, 0.15) is 11.9 Å². The zero-order chi connectivity index (χ0) is 17.2. The van der Waals surface area contributed by atoms with Gasteiger partial charge >= 0.3 is 6.18 Å². The fraction of sp³-hybridized carbons (Fsp3) is 0.333. The Balaban J connectivity index is 1.94. The highest BCUT2D eigenvalue weighted by Crippen LogP contribution is 2.37. The lowest BCUT2D eigenvalue weighted by Crippen LogP contribution is -2.34. The summed E-state index contributed by atoms with van der Waals surface area (Å²) in [5, 5.41) is 8.87. The molecular weight excluding hydrogens is 315 g/mol. The maximum Gasteiger partial charge on any atom is 0.416 e. The van der Waals surface area contributed by atoms with E-state index in [0.717, 1.165) is 31.9 Å². The monoisotopic (exact) mass is 331 g/mol. The highest BCUT2D eigenvalue weighted by atomic mass is 19.4. The van der Waals surface area contributed by atoms with Crippen LogP contribution < -0.4 is 4.90 Å². The van der Waals surface area contributed by atoms with Gasteiger partial charge in [0.25, 0.3) is 0 Å². The summed E-state index contributed by atoms with van der Waals surface area (Å²) in [7, 11) is 0. The molecule has 1 aromatic heterocycles. The van der Waals surface area contributed by atoms with E-state index in [9.17, 15) is 13.2 Å². The summed E-state index contributed by atoms with van der Waals surface area (Å²) in [5.41, 5.74) is 0.486. The number of piperidine rings is 1. The fourth-order valence-electron chi connectivity index (χ4n) is 3.10. The maximum atomic E-state index is 13.0. The van der Waals surface area contributed by atoms with Crippen molar-refractivity contribution in [3.05, 3.63) is 59.3 Å². The quantitative estimate of drug-likeness (QED) is 0.800. The Morgan fingerprint density at radius 2 is 2.00 bits per heavy atom. The molecule has 0 aliphatic carbocycles. The van der Waals surface area contributed by atoms with Crippen LogP contribution in [0.4, 0.5) is 19.0 Å². The van der Waals surface area contributed by atoms with Crippen molar-refractivity contribution in [2.24, 2.45) is 0 Å². The van der Waals surface area contributed by atoms with Gasteiger partial charge in [0.05, 0.1) is 17.2 Å². The van der Waals surface area contributed by atoms with Gasteiger partial charge in [0.15, 0.2) is 0 Å². The Bertz CT molecular complexity index is 747. The van der Waals surface area contributed by atoms with E-state index >= 15 is 0 Å². The SMILES string of the molecule is N#Cc1ccc(N2CCCCC2c2cccc(C(F)(F)F)c2)nc1. The molecule has 1 unspecified atom stereocenters. The number of alkyl halides is 3. The van der Waals surface area contributed by atoms with Gasteiger partial charge < -0.3 is 4.90 Å². The number of nitrogens with zero attached hydrogens (tertiary/aromatic N) is 3. The molecule has 2 heterocycles. The third kappa shape index (κ3) is 3.35. The summed E-state index contributed by atoms with van der Waals surface area (Å²) in [5.74, 6) is 0.691. The average Bonchev–Trinajstić information content (AvgIpc) is 2.61. The number of anilines is 1.